The number of methoxy groups -OCH3 is 1. The highest BCUT2D eigenvalue weighted by atomic mass is 79.9. The summed E-state index contributed by atoms with van der Waals surface area (Å²) in [6, 6.07) is 3.51. The van der Waals surface area contributed by atoms with Gasteiger partial charge in [-0.15, -0.1) is 0 Å². The van der Waals surface area contributed by atoms with Crippen molar-refractivity contribution in [3.63, 3.8) is 0 Å². The van der Waals surface area contributed by atoms with Gasteiger partial charge in [0.2, 0.25) is 5.91 Å². The van der Waals surface area contributed by atoms with Gasteiger partial charge in [-0.25, -0.2) is 0 Å². The summed E-state index contributed by atoms with van der Waals surface area (Å²) >= 11 is 3.51. The molecule has 0 saturated heterocycles. The van der Waals surface area contributed by atoms with Crippen LogP contribution in [0.25, 0.3) is 0 Å². The first-order valence-electron chi connectivity index (χ1n) is 7.10. The van der Waals surface area contributed by atoms with Crippen LogP contribution in [0.3, 0.4) is 0 Å². The van der Waals surface area contributed by atoms with Gasteiger partial charge in [-0.3, -0.25) is 4.79 Å². The predicted molar refractivity (Wildman–Crippen MR) is 85.8 cm³/mol. The normalized spacial score (nSPS) is 18.3. The lowest BCUT2D eigenvalue weighted by Crippen LogP contribution is -2.28. The van der Waals surface area contributed by atoms with Crippen LogP contribution in [0.15, 0.2) is 16.6 Å². The first-order chi connectivity index (χ1) is 10.1. The summed E-state index contributed by atoms with van der Waals surface area (Å²) in [6.45, 7) is 5.33. The number of ether oxygens (including phenoxy) is 2. The number of carbonyl (C=O) groups excluding carboxylic acids is 1. The number of anilines is 1. The summed E-state index contributed by atoms with van der Waals surface area (Å²) in [7, 11) is 1.64. The molecule has 2 rings (SSSR count). The summed E-state index contributed by atoms with van der Waals surface area (Å²) in [5, 5.41) is 6.15. The Kier molecular flexibility index (Phi) is 5.61. The van der Waals surface area contributed by atoms with E-state index in [1.165, 1.54) is 0 Å². The standard InChI is InChI=1S/C15H21BrN2O3/c1-4-5-17-14-10-6-11(16)13(21-9(2)8-20-3)7-12(10)18-15(14)19/h6-7,9,14,17H,4-5,8H2,1-3H3,(H,18,19). The second kappa shape index (κ2) is 7.24. The molecular weight excluding hydrogens is 336 g/mol. The van der Waals surface area contributed by atoms with Crippen LogP contribution in [-0.4, -0.2) is 32.3 Å². The Hall–Kier alpha value is -1.11. The Balaban J connectivity index is 2.20. The highest BCUT2D eigenvalue weighted by molar-refractivity contribution is 9.10. The van der Waals surface area contributed by atoms with E-state index in [0.717, 1.165) is 28.7 Å². The average Bonchev–Trinajstić information content (AvgIpc) is 2.72. The van der Waals surface area contributed by atoms with E-state index in [1.807, 2.05) is 19.1 Å². The summed E-state index contributed by atoms with van der Waals surface area (Å²) < 4.78 is 11.7. The zero-order valence-electron chi connectivity index (χ0n) is 12.5. The first kappa shape index (κ1) is 16.3. The molecule has 2 unspecified atom stereocenters. The Morgan fingerprint density at radius 1 is 1.48 bits per heavy atom. The number of hydrogen-bond donors (Lipinski definition) is 2. The van der Waals surface area contributed by atoms with Crippen molar-refractivity contribution in [2.75, 3.05) is 25.6 Å². The highest BCUT2D eigenvalue weighted by Crippen LogP contribution is 2.39. The number of rotatable bonds is 7. The molecular formula is C15H21BrN2O3. The molecule has 0 bridgehead atoms. The lowest BCUT2D eigenvalue weighted by Gasteiger charge is -2.16. The molecule has 2 N–H and O–H groups in total. The second-order valence-electron chi connectivity index (χ2n) is 5.13. The molecule has 6 heteroatoms. The molecule has 21 heavy (non-hydrogen) atoms. The zero-order valence-corrected chi connectivity index (χ0v) is 14.1. The van der Waals surface area contributed by atoms with E-state index in [-0.39, 0.29) is 18.1 Å². The van der Waals surface area contributed by atoms with Crippen molar-refractivity contribution in [2.24, 2.45) is 0 Å². The third kappa shape index (κ3) is 3.75. The van der Waals surface area contributed by atoms with Crippen molar-refractivity contribution in [1.29, 1.82) is 0 Å². The first-order valence-corrected chi connectivity index (χ1v) is 7.89. The van der Waals surface area contributed by atoms with E-state index in [2.05, 4.69) is 33.5 Å². The molecule has 1 amide bonds. The summed E-state index contributed by atoms with van der Waals surface area (Å²) in [6.07, 6.45) is 0.922. The minimum absolute atomic E-state index is 0.0209. The maximum atomic E-state index is 12.0. The van der Waals surface area contributed by atoms with Gasteiger partial charge in [0, 0.05) is 24.4 Å². The largest absolute Gasteiger partial charge is 0.487 e. The van der Waals surface area contributed by atoms with Crippen molar-refractivity contribution in [1.82, 2.24) is 5.32 Å². The van der Waals surface area contributed by atoms with Crippen LogP contribution in [0, 0.1) is 0 Å². The molecule has 1 aromatic carbocycles. The second-order valence-corrected chi connectivity index (χ2v) is 5.98. The molecule has 0 fully saturated rings. The van der Waals surface area contributed by atoms with Gasteiger partial charge in [0.1, 0.15) is 17.9 Å². The Morgan fingerprint density at radius 2 is 2.24 bits per heavy atom. The highest BCUT2D eigenvalue weighted by Gasteiger charge is 2.31. The molecule has 5 nitrogen and oxygen atoms in total. The number of fused-ring (bicyclic) bond motifs is 1. The van der Waals surface area contributed by atoms with Gasteiger partial charge in [0.15, 0.2) is 0 Å². The van der Waals surface area contributed by atoms with Gasteiger partial charge in [0.25, 0.3) is 0 Å². The van der Waals surface area contributed by atoms with E-state index >= 15 is 0 Å². The van der Waals surface area contributed by atoms with Crippen LogP contribution < -0.4 is 15.4 Å². The van der Waals surface area contributed by atoms with Crippen molar-refractivity contribution in [2.45, 2.75) is 32.4 Å². The Bertz CT molecular complexity index is 522. The number of hydrogen-bond acceptors (Lipinski definition) is 4. The minimum atomic E-state index is -0.290. The number of nitrogens with one attached hydrogen (secondary N) is 2. The van der Waals surface area contributed by atoms with Crippen molar-refractivity contribution in [3.8, 4) is 5.75 Å². The topological polar surface area (TPSA) is 59.6 Å². The van der Waals surface area contributed by atoms with E-state index in [0.29, 0.717) is 12.4 Å². The van der Waals surface area contributed by atoms with Crippen LogP contribution >= 0.6 is 15.9 Å². The molecule has 0 spiro atoms. The molecule has 0 aliphatic carbocycles. The van der Waals surface area contributed by atoms with Gasteiger partial charge in [0.05, 0.1) is 11.1 Å². The maximum Gasteiger partial charge on any atom is 0.246 e. The third-order valence-electron chi connectivity index (χ3n) is 3.26. The summed E-state index contributed by atoms with van der Waals surface area (Å²) in [5.41, 5.74) is 1.75. The summed E-state index contributed by atoms with van der Waals surface area (Å²) in [4.78, 5) is 12.0. The molecule has 1 heterocycles. The zero-order chi connectivity index (χ0) is 15.4. The lowest BCUT2D eigenvalue weighted by atomic mass is 10.1. The quantitative estimate of drug-likeness (QED) is 0.788. The molecule has 1 aliphatic rings. The number of benzene rings is 1. The fraction of sp³-hybridized carbons (Fsp3) is 0.533. The van der Waals surface area contributed by atoms with Gasteiger partial charge >= 0.3 is 0 Å². The fourth-order valence-corrected chi connectivity index (χ4v) is 2.78. The molecule has 1 aromatic rings. The van der Waals surface area contributed by atoms with Crippen LogP contribution in [0.2, 0.25) is 0 Å². The van der Waals surface area contributed by atoms with Gasteiger partial charge in [-0.2, -0.15) is 0 Å². The molecule has 0 saturated carbocycles. The Labute approximate surface area is 133 Å². The van der Waals surface area contributed by atoms with Crippen LogP contribution in [0.1, 0.15) is 31.9 Å². The minimum Gasteiger partial charge on any atom is -0.487 e. The van der Waals surface area contributed by atoms with Gasteiger partial charge in [-0.1, -0.05) is 6.92 Å². The van der Waals surface area contributed by atoms with E-state index in [9.17, 15) is 4.79 Å². The predicted octanol–water partition coefficient (Wildman–Crippen LogP) is 2.86. The molecule has 116 valence electrons. The number of halogens is 1. The van der Waals surface area contributed by atoms with E-state index in [1.54, 1.807) is 7.11 Å². The SMILES string of the molecule is CCCNC1C(=O)Nc2cc(OC(C)COC)c(Br)cc21. The molecule has 0 aromatic heterocycles. The van der Waals surface area contributed by atoms with Crippen LogP contribution in [0.5, 0.6) is 5.75 Å². The molecule has 0 radical (unpaired) electrons. The van der Waals surface area contributed by atoms with Crippen molar-refractivity contribution in [3.05, 3.63) is 22.2 Å². The van der Waals surface area contributed by atoms with E-state index in [4.69, 9.17) is 9.47 Å². The van der Waals surface area contributed by atoms with E-state index < -0.39 is 0 Å². The monoisotopic (exact) mass is 356 g/mol. The number of carbonyl (C=O) groups is 1. The van der Waals surface area contributed by atoms with Crippen LogP contribution in [-0.2, 0) is 9.53 Å². The number of amides is 1. The smallest absolute Gasteiger partial charge is 0.246 e. The van der Waals surface area contributed by atoms with Crippen LogP contribution in [0.4, 0.5) is 5.69 Å². The summed E-state index contributed by atoms with van der Waals surface area (Å²) in [5.74, 6) is 0.683. The van der Waals surface area contributed by atoms with Crippen molar-refractivity contribution >= 4 is 27.5 Å². The van der Waals surface area contributed by atoms with Crippen molar-refractivity contribution < 1.29 is 14.3 Å². The molecule has 2 atom stereocenters. The molecule has 1 aliphatic heterocycles. The maximum absolute atomic E-state index is 12.0. The third-order valence-corrected chi connectivity index (χ3v) is 3.88. The lowest BCUT2D eigenvalue weighted by molar-refractivity contribution is -0.117. The average molecular weight is 357 g/mol. The van der Waals surface area contributed by atoms with Gasteiger partial charge < -0.3 is 20.1 Å². The van der Waals surface area contributed by atoms with Gasteiger partial charge in [-0.05, 0) is 41.9 Å². The Morgan fingerprint density at radius 3 is 2.90 bits per heavy atom. The fourth-order valence-electron chi connectivity index (χ4n) is 2.33.